The highest BCUT2D eigenvalue weighted by atomic mass is 16.4. The molecule has 2 rings (SSSR count). The van der Waals surface area contributed by atoms with Gasteiger partial charge in [-0.05, 0) is 31.8 Å². The normalized spacial score (nSPS) is 25.8. The minimum Gasteiger partial charge on any atom is -0.481 e. The molecule has 2 aliphatic heterocycles. The molecule has 2 saturated heterocycles. The Morgan fingerprint density at radius 1 is 1.44 bits per heavy atom. The van der Waals surface area contributed by atoms with Crippen LogP contribution in [0.2, 0.25) is 0 Å². The number of nitrogens with one attached hydrogen (secondary N) is 1. The Balaban J connectivity index is 1.65. The van der Waals surface area contributed by atoms with Crippen LogP contribution in [0.15, 0.2) is 0 Å². The Morgan fingerprint density at radius 3 is 2.72 bits per heavy atom. The van der Waals surface area contributed by atoms with Crippen molar-refractivity contribution in [2.24, 2.45) is 17.8 Å². The van der Waals surface area contributed by atoms with E-state index in [9.17, 15) is 9.59 Å². The lowest BCUT2D eigenvalue weighted by molar-refractivity contribution is -0.150. The van der Waals surface area contributed by atoms with Gasteiger partial charge in [-0.3, -0.25) is 9.59 Å². The van der Waals surface area contributed by atoms with Crippen LogP contribution < -0.4 is 5.32 Å². The largest absolute Gasteiger partial charge is 0.481 e. The summed E-state index contributed by atoms with van der Waals surface area (Å²) in [5, 5.41) is 12.2. The van der Waals surface area contributed by atoms with Crippen molar-refractivity contribution < 1.29 is 14.7 Å². The standard InChI is InChI=1S/C13H22N2O3/c1-9(13(17)18)11-7-15(8-11)12(16)3-2-10-4-5-14-6-10/h9-11,14H,2-8H2,1H3,(H,17,18). The van der Waals surface area contributed by atoms with Crippen LogP contribution in [0.3, 0.4) is 0 Å². The Morgan fingerprint density at radius 2 is 2.17 bits per heavy atom. The van der Waals surface area contributed by atoms with Gasteiger partial charge in [-0.15, -0.1) is 0 Å². The molecule has 0 bridgehead atoms. The minimum atomic E-state index is -0.760. The molecule has 2 fully saturated rings. The number of hydrogen-bond acceptors (Lipinski definition) is 3. The van der Waals surface area contributed by atoms with Crippen molar-refractivity contribution in [3.63, 3.8) is 0 Å². The predicted molar refractivity (Wildman–Crippen MR) is 67.1 cm³/mol. The third kappa shape index (κ3) is 3.02. The summed E-state index contributed by atoms with van der Waals surface area (Å²) < 4.78 is 0. The van der Waals surface area contributed by atoms with Crippen molar-refractivity contribution in [2.45, 2.75) is 26.2 Å². The number of aliphatic carboxylic acids is 1. The van der Waals surface area contributed by atoms with E-state index in [0.717, 1.165) is 19.5 Å². The molecule has 2 heterocycles. The van der Waals surface area contributed by atoms with Crippen molar-refractivity contribution in [3.8, 4) is 0 Å². The number of carboxylic acid groups (broad SMARTS) is 1. The summed E-state index contributed by atoms with van der Waals surface area (Å²) in [4.78, 5) is 24.5. The Bertz CT molecular complexity index is 320. The number of carbonyl (C=O) groups is 2. The lowest BCUT2D eigenvalue weighted by Crippen LogP contribution is -2.53. The average molecular weight is 254 g/mol. The summed E-state index contributed by atoms with van der Waals surface area (Å²) in [6, 6.07) is 0. The number of nitrogens with zero attached hydrogens (tertiary/aromatic N) is 1. The van der Waals surface area contributed by atoms with Crippen LogP contribution in [0.5, 0.6) is 0 Å². The smallest absolute Gasteiger partial charge is 0.306 e. The lowest BCUT2D eigenvalue weighted by Gasteiger charge is -2.41. The number of rotatable bonds is 5. The fourth-order valence-corrected chi connectivity index (χ4v) is 2.68. The monoisotopic (exact) mass is 254 g/mol. The highest BCUT2D eigenvalue weighted by Crippen LogP contribution is 2.25. The van der Waals surface area contributed by atoms with Crippen LogP contribution in [0.4, 0.5) is 0 Å². The molecule has 18 heavy (non-hydrogen) atoms. The van der Waals surface area contributed by atoms with Crippen LogP contribution in [-0.2, 0) is 9.59 Å². The molecule has 102 valence electrons. The molecule has 0 spiro atoms. The van der Waals surface area contributed by atoms with Gasteiger partial charge in [-0.25, -0.2) is 0 Å². The van der Waals surface area contributed by atoms with Crippen LogP contribution in [0, 0.1) is 17.8 Å². The minimum absolute atomic E-state index is 0.139. The maximum absolute atomic E-state index is 11.9. The molecule has 0 aromatic rings. The molecule has 5 nitrogen and oxygen atoms in total. The highest BCUT2D eigenvalue weighted by Gasteiger charge is 2.36. The van der Waals surface area contributed by atoms with E-state index >= 15 is 0 Å². The molecule has 2 unspecified atom stereocenters. The van der Waals surface area contributed by atoms with E-state index in [1.807, 2.05) is 0 Å². The summed E-state index contributed by atoms with van der Waals surface area (Å²) in [5.41, 5.74) is 0. The highest BCUT2D eigenvalue weighted by molar-refractivity contribution is 5.77. The number of hydrogen-bond donors (Lipinski definition) is 2. The van der Waals surface area contributed by atoms with Gasteiger partial charge in [-0.1, -0.05) is 6.92 Å². The van der Waals surface area contributed by atoms with E-state index in [2.05, 4.69) is 5.32 Å². The second kappa shape index (κ2) is 5.69. The van der Waals surface area contributed by atoms with Crippen molar-refractivity contribution >= 4 is 11.9 Å². The number of carbonyl (C=O) groups excluding carboxylic acids is 1. The second-order valence-corrected chi connectivity index (χ2v) is 5.58. The summed E-state index contributed by atoms with van der Waals surface area (Å²) >= 11 is 0. The first-order valence-corrected chi connectivity index (χ1v) is 6.79. The van der Waals surface area contributed by atoms with Crippen molar-refractivity contribution in [2.75, 3.05) is 26.2 Å². The molecule has 2 N–H and O–H groups in total. The Labute approximate surface area is 108 Å². The van der Waals surface area contributed by atoms with E-state index in [-0.39, 0.29) is 17.7 Å². The Hall–Kier alpha value is -1.10. The van der Waals surface area contributed by atoms with Crippen LogP contribution in [0.1, 0.15) is 26.2 Å². The van der Waals surface area contributed by atoms with E-state index in [4.69, 9.17) is 5.11 Å². The number of carboxylic acids is 1. The summed E-state index contributed by atoms with van der Waals surface area (Å²) in [6.07, 6.45) is 2.74. The summed E-state index contributed by atoms with van der Waals surface area (Å²) in [5.74, 6) is -0.128. The second-order valence-electron chi connectivity index (χ2n) is 5.58. The van der Waals surface area contributed by atoms with Gasteiger partial charge < -0.3 is 15.3 Å². The molecule has 1 amide bonds. The van der Waals surface area contributed by atoms with Crippen molar-refractivity contribution in [1.29, 1.82) is 0 Å². The van der Waals surface area contributed by atoms with Crippen molar-refractivity contribution in [3.05, 3.63) is 0 Å². The first kappa shape index (κ1) is 13.3. The van der Waals surface area contributed by atoms with Gasteiger partial charge in [0.2, 0.25) is 5.91 Å². The SMILES string of the molecule is CC(C(=O)O)C1CN(C(=O)CCC2CCNC2)C1. The van der Waals surface area contributed by atoms with Gasteiger partial charge in [0.1, 0.15) is 0 Å². The fraction of sp³-hybridized carbons (Fsp3) is 0.846. The summed E-state index contributed by atoms with van der Waals surface area (Å²) in [6.45, 7) is 5.07. The zero-order valence-corrected chi connectivity index (χ0v) is 10.9. The molecular weight excluding hydrogens is 232 g/mol. The molecule has 0 radical (unpaired) electrons. The van der Waals surface area contributed by atoms with E-state index in [1.54, 1.807) is 11.8 Å². The van der Waals surface area contributed by atoms with Gasteiger partial charge >= 0.3 is 5.97 Å². The average Bonchev–Trinajstić information content (AvgIpc) is 2.76. The predicted octanol–water partition coefficient (Wildman–Crippen LogP) is 0.555. The maximum Gasteiger partial charge on any atom is 0.306 e. The third-order valence-electron chi connectivity index (χ3n) is 4.29. The van der Waals surface area contributed by atoms with Crippen LogP contribution in [-0.4, -0.2) is 48.1 Å². The molecular formula is C13H22N2O3. The van der Waals surface area contributed by atoms with Gasteiger partial charge in [0.25, 0.3) is 0 Å². The quantitative estimate of drug-likeness (QED) is 0.752. The fourth-order valence-electron chi connectivity index (χ4n) is 2.68. The maximum atomic E-state index is 11.9. The number of likely N-dealkylation sites (tertiary alicyclic amines) is 1. The molecule has 2 atom stereocenters. The van der Waals surface area contributed by atoms with Gasteiger partial charge in [0.15, 0.2) is 0 Å². The first-order chi connectivity index (χ1) is 8.58. The van der Waals surface area contributed by atoms with E-state index in [0.29, 0.717) is 25.4 Å². The molecule has 0 aliphatic carbocycles. The molecule has 0 saturated carbocycles. The first-order valence-electron chi connectivity index (χ1n) is 6.79. The van der Waals surface area contributed by atoms with Crippen LogP contribution >= 0.6 is 0 Å². The van der Waals surface area contributed by atoms with Gasteiger partial charge in [0.05, 0.1) is 5.92 Å². The topological polar surface area (TPSA) is 69.6 Å². The van der Waals surface area contributed by atoms with Gasteiger partial charge in [-0.2, -0.15) is 0 Å². The van der Waals surface area contributed by atoms with E-state index in [1.165, 1.54) is 6.42 Å². The van der Waals surface area contributed by atoms with Gasteiger partial charge in [0, 0.05) is 25.4 Å². The number of amides is 1. The summed E-state index contributed by atoms with van der Waals surface area (Å²) in [7, 11) is 0. The molecule has 5 heteroatoms. The van der Waals surface area contributed by atoms with Crippen molar-refractivity contribution in [1.82, 2.24) is 10.2 Å². The molecule has 0 aromatic carbocycles. The van der Waals surface area contributed by atoms with Crippen LogP contribution in [0.25, 0.3) is 0 Å². The van der Waals surface area contributed by atoms with E-state index < -0.39 is 5.97 Å². The molecule has 2 aliphatic rings. The zero-order valence-electron chi connectivity index (χ0n) is 10.9. The lowest BCUT2D eigenvalue weighted by atomic mass is 9.86. The zero-order chi connectivity index (χ0) is 13.1. The third-order valence-corrected chi connectivity index (χ3v) is 4.29. The molecule has 0 aromatic heterocycles. The Kier molecular flexibility index (Phi) is 4.22.